The lowest BCUT2D eigenvalue weighted by atomic mass is 10.2. The first kappa shape index (κ1) is 22.3. The molecule has 1 aromatic heterocycles. The maximum Gasteiger partial charge on any atom is 0.292 e. The molecule has 1 aliphatic rings. The number of rotatable bonds is 7. The molecule has 0 spiro atoms. The normalized spacial score (nSPS) is 14.9. The van der Waals surface area contributed by atoms with Gasteiger partial charge in [-0.05, 0) is 38.0 Å². The molecule has 1 unspecified atom stereocenters. The molecule has 0 bridgehead atoms. The zero-order valence-electron chi connectivity index (χ0n) is 17.4. The fraction of sp³-hybridized carbons (Fsp3) is 0.318. The Labute approximate surface area is 194 Å². The fourth-order valence-corrected chi connectivity index (χ4v) is 5.00. The average molecular weight is 472 g/mol. The summed E-state index contributed by atoms with van der Waals surface area (Å²) in [6.45, 7) is 1.75. The Morgan fingerprint density at radius 1 is 1.19 bits per heavy atom. The summed E-state index contributed by atoms with van der Waals surface area (Å²) in [5.41, 5.74) is 0.828. The summed E-state index contributed by atoms with van der Waals surface area (Å²) in [6.07, 6.45) is 4.28. The van der Waals surface area contributed by atoms with Gasteiger partial charge in [-0.3, -0.25) is 19.5 Å². The summed E-state index contributed by atoms with van der Waals surface area (Å²) < 4.78 is 2.09. The Kier molecular flexibility index (Phi) is 6.76. The van der Waals surface area contributed by atoms with Gasteiger partial charge in [0.25, 0.3) is 5.69 Å². The van der Waals surface area contributed by atoms with Gasteiger partial charge in [0.05, 0.1) is 15.2 Å². The molecule has 8 nitrogen and oxygen atoms in total. The highest BCUT2D eigenvalue weighted by Gasteiger charge is 2.28. The second-order valence-electron chi connectivity index (χ2n) is 7.62. The van der Waals surface area contributed by atoms with E-state index in [-0.39, 0.29) is 23.3 Å². The van der Waals surface area contributed by atoms with Crippen LogP contribution in [0.3, 0.4) is 0 Å². The van der Waals surface area contributed by atoms with Gasteiger partial charge in [0.1, 0.15) is 5.69 Å². The number of para-hydroxylation sites is 2. The lowest BCUT2D eigenvalue weighted by Gasteiger charge is -2.19. The van der Waals surface area contributed by atoms with Gasteiger partial charge >= 0.3 is 0 Å². The van der Waals surface area contributed by atoms with Gasteiger partial charge in [0.15, 0.2) is 11.0 Å². The Morgan fingerprint density at radius 3 is 2.59 bits per heavy atom. The zero-order valence-corrected chi connectivity index (χ0v) is 19.0. The maximum atomic E-state index is 12.8. The van der Waals surface area contributed by atoms with Crippen LogP contribution < -0.4 is 5.32 Å². The van der Waals surface area contributed by atoms with Gasteiger partial charge in [-0.1, -0.05) is 60.5 Å². The van der Waals surface area contributed by atoms with Crippen LogP contribution >= 0.6 is 23.4 Å². The molecule has 0 saturated heterocycles. The average Bonchev–Trinajstić information content (AvgIpc) is 3.44. The topological polar surface area (TPSA) is 103 Å². The highest BCUT2D eigenvalue weighted by molar-refractivity contribution is 8.00. The number of nitrogens with zero attached hydrogens (tertiary/aromatic N) is 4. The number of hydrogen-bond acceptors (Lipinski definition) is 6. The summed E-state index contributed by atoms with van der Waals surface area (Å²) in [7, 11) is 0. The zero-order chi connectivity index (χ0) is 22.7. The SMILES string of the molecule is CC(Sc1nnc(-c2ccccc2Cl)n1C1CCCC1)C(=O)Nc1ccccc1[N+](=O)[O-]. The number of halogens is 1. The van der Waals surface area contributed by atoms with Crippen molar-refractivity contribution in [1.29, 1.82) is 0 Å². The Hall–Kier alpha value is -2.91. The first-order valence-corrected chi connectivity index (χ1v) is 11.6. The molecule has 1 aliphatic carbocycles. The van der Waals surface area contributed by atoms with E-state index in [0.717, 1.165) is 31.2 Å². The number of carbonyl (C=O) groups excluding carboxylic acids is 1. The van der Waals surface area contributed by atoms with Crippen molar-refractivity contribution in [3.63, 3.8) is 0 Å². The molecule has 10 heteroatoms. The van der Waals surface area contributed by atoms with E-state index in [9.17, 15) is 14.9 Å². The summed E-state index contributed by atoms with van der Waals surface area (Å²) in [6, 6.07) is 13.8. The van der Waals surface area contributed by atoms with E-state index in [4.69, 9.17) is 11.6 Å². The van der Waals surface area contributed by atoms with Crippen molar-refractivity contribution >= 4 is 40.6 Å². The third kappa shape index (κ3) is 4.63. The van der Waals surface area contributed by atoms with E-state index in [1.54, 1.807) is 19.1 Å². The van der Waals surface area contributed by atoms with Crippen molar-refractivity contribution in [3.8, 4) is 11.4 Å². The number of aromatic nitrogens is 3. The summed E-state index contributed by atoms with van der Waals surface area (Å²) in [4.78, 5) is 23.5. The predicted molar refractivity (Wildman–Crippen MR) is 125 cm³/mol. The molecule has 32 heavy (non-hydrogen) atoms. The van der Waals surface area contributed by atoms with Gasteiger partial charge < -0.3 is 5.32 Å². The second-order valence-corrected chi connectivity index (χ2v) is 9.33. The van der Waals surface area contributed by atoms with Crippen molar-refractivity contribution in [2.24, 2.45) is 0 Å². The number of benzene rings is 2. The van der Waals surface area contributed by atoms with Crippen LogP contribution in [0.25, 0.3) is 11.4 Å². The monoisotopic (exact) mass is 471 g/mol. The van der Waals surface area contributed by atoms with Gasteiger partial charge in [-0.25, -0.2) is 0 Å². The molecule has 166 valence electrons. The minimum absolute atomic E-state index is 0.145. The minimum atomic E-state index is -0.543. The first-order chi connectivity index (χ1) is 15.5. The van der Waals surface area contributed by atoms with Crippen LogP contribution in [0.2, 0.25) is 5.02 Å². The van der Waals surface area contributed by atoms with Crippen LogP contribution in [0.1, 0.15) is 38.6 Å². The fourth-order valence-electron chi connectivity index (χ4n) is 3.86. The van der Waals surface area contributed by atoms with E-state index in [1.165, 1.54) is 23.9 Å². The molecule has 1 saturated carbocycles. The second kappa shape index (κ2) is 9.70. The van der Waals surface area contributed by atoms with Crippen molar-refractivity contribution in [2.45, 2.75) is 49.1 Å². The Bertz CT molecular complexity index is 1150. The molecule has 1 heterocycles. The number of thioether (sulfide) groups is 1. The Morgan fingerprint density at radius 2 is 1.88 bits per heavy atom. The highest BCUT2D eigenvalue weighted by atomic mass is 35.5. The van der Waals surface area contributed by atoms with E-state index in [1.807, 2.05) is 24.3 Å². The lowest BCUT2D eigenvalue weighted by Crippen LogP contribution is -2.23. The summed E-state index contributed by atoms with van der Waals surface area (Å²) in [5, 5.41) is 23.4. The van der Waals surface area contributed by atoms with Crippen LogP contribution in [0.4, 0.5) is 11.4 Å². The third-order valence-electron chi connectivity index (χ3n) is 5.48. The predicted octanol–water partition coefficient (Wildman–Crippen LogP) is 5.74. The molecule has 1 fully saturated rings. The number of amides is 1. The maximum absolute atomic E-state index is 12.8. The van der Waals surface area contributed by atoms with E-state index in [0.29, 0.717) is 16.0 Å². The minimum Gasteiger partial charge on any atom is -0.319 e. The third-order valence-corrected chi connectivity index (χ3v) is 6.87. The molecule has 1 N–H and O–H groups in total. The number of hydrogen-bond donors (Lipinski definition) is 1. The van der Waals surface area contributed by atoms with Crippen molar-refractivity contribution in [1.82, 2.24) is 14.8 Å². The molecular formula is C22H22ClN5O3S. The van der Waals surface area contributed by atoms with Gasteiger partial charge in [0.2, 0.25) is 5.91 Å². The molecule has 1 amide bonds. The van der Waals surface area contributed by atoms with Crippen LogP contribution in [0.5, 0.6) is 0 Å². The highest BCUT2D eigenvalue weighted by Crippen LogP contribution is 2.39. The van der Waals surface area contributed by atoms with Crippen LogP contribution in [-0.4, -0.2) is 30.8 Å². The molecule has 2 aromatic carbocycles. The van der Waals surface area contributed by atoms with Crippen LogP contribution in [-0.2, 0) is 4.79 Å². The Balaban J connectivity index is 1.59. The number of carbonyl (C=O) groups is 1. The smallest absolute Gasteiger partial charge is 0.292 e. The van der Waals surface area contributed by atoms with Gasteiger partial charge in [0, 0.05) is 17.7 Å². The number of nitro groups is 1. The molecule has 3 aromatic rings. The van der Waals surface area contributed by atoms with Gasteiger partial charge in [-0.2, -0.15) is 0 Å². The number of nitrogens with one attached hydrogen (secondary N) is 1. The molecule has 0 radical (unpaired) electrons. The standard InChI is InChI=1S/C22H22ClN5O3S/c1-14(21(29)24-18-12-6-7-13-19(18)28(30)31)32-22-26-25-20(16-10-4-5-11-17(16)23)27(22)15-8-2-3-9-15/h4-7,10-15H,2-3,8-9H2,1H3,(H,24,29). The first-order valence-electron chi connectivity index (χ1n) is 10.4. The van der Waals surface area contributed by atoms with Crippen molar-refractivity contribution in [3.05, 3.63) is 63.7 Å². The molecular weight excluding hydrogens is 450 g/mol. The number of anilines is 1. The largest absolute Gasteiger partial charge is 0.319 e. The van der Waals surface area contributed by atoms with E-state index in [2.05, 4.69) is 20.1 Å². The lowest BCUT2D eigenvalue weighted by molar-refractivity contribution is -0.383. The number of nitro benzene ring substituents is 1. The van der Waals surface area contributed by atoms with Crippen LogP contribution in [0, 0.1) is 10.1 Å². The van der Waals surface area contributed by atoms with E-state index < -0.39 is 10.2 Å². The molecule has 0 aliphatic heterocycles. The van der Waals surface area contributed by atoms with Gasteiger partial charge in [-0.15, -0.1) is 10.2 Å². The summed E-state index contributed by atoms with van der Waals surface area (Å²) in [5.74, 6) is 0.348. The quantitative estimate of drug-likeness (QED) is 0.267. The van der Waals surface area contributed by atoms with Crippen LogP contribution in [0.15, 0.2) is 53.7 Å². The molecule has 4 rings (SSSR count). The van der Waals surface area contributed by atoms with E-state index >= 15 is 0 Å². The van der Waals surface area contributed by atoms with Crippen molar-refractivity contribution < 1.29 is 9.72 Å². The molecule has 1 atom stereocenters. The summed E-state index contributed by atoms with van der Waals surface area (Å²) >= 11 is 7.71. The van der Waals surface area contributed by atoms with Crippen molar-refractivity contribution in [2.75, 3.05) is 5.32 Å².